The third-order valence-electron chi connectivity index (χ3n) is 1.62. The van der Waals surface area contributed by atoms with E-state index >= 15 is 0 Å². The lowest BCUT2D eigenvalue weighted by atomic mass is 10.5. The molecule has 0 spiro atoms. The minimum atomic E-state index is 0.685. The highest BCUT2D eigenvalue weighted by atomic mass is 15.3. The Hall–Kier alpha value is -1.65. The van der Waals surface area contributed by atoms with E-state index in [0.717, 1.165) is 12.0 Å². The van der Waals surface area contributed by atoms with Crippen LogP contribution in [0.2, 0.25) is 0 Å². The van der Waals surface area contributed by atoms with E-state index in [1.807, 2.05) is 30.5 Å². The molecule has 0 unspecified atom stereocenters. The fraction of sp³-hybridized carbons (Fsp3) is 0.375. The second kappa shape index (κ2) is 3.84. The van der Waals surface area contributed by atoms with Crippen molar-refractivity contribution < 1.29 is 0 Å². The first kappa shape index (κ1) is 9.44. The van der Waals surface area contributed by atoms with Gasteiger partial charge in [0.2, 0.25) is 5.96 Å². The van der Waals surface area contributed by atoms with Gasteiger partial charge in [0.25, 0.3) is 0 Å². The summed E-state index contributed by atoms with van der Waals surface area (Å²) in [7, 11) is 3.75. The normalized spacial score (nSPS) is 11.5. The number of imidazole rings is 1. The Bertz CT molecular complexity index is 323. The van der Waals surface area contributed by atoms with Crippen LogP contribution in [0.15, 0.2) is 17.5 Å². The first-order valence-corrected chi connectivity index (χ1v) is 3.90. The standard InChI is InChI=1S/C8H13N5/c1-7-4-10-6-13(7)8(11-5-9)12(2)3/h4-6,9H,1-3H3. The maximum Gasteiger partial charge on any atom is 0.212 e. The van der Waals surface area contributed by atoms with Gasteiger partial charge in [-0.1, -0.05) is 0 Å². The van der Waals surface area contributed by atoms with E-state index in [4.69, 9.17) is 5.41 Å². The molecule has 0 saturated carbocycles. The molecule has 0 radical (unpaired) electrons. The van der Waals surface area contributed by atoms with Crippen molar-refractivity contribution in [3.05, 3.63) is 18.2 Å². The molecule has 70 valence electrons. The molecule has 0 fully saturated rings. The summed E-state index contributed by atoms with van der Waals surface area (Å²) in [5.74, 6) is 0.685. The lowest BCUT2D eigenvalue weighted by molar-refractivity contribution is 0.594. The molecule has 5 heteroatoms. The van der Waals surface area contributed by atoms with E-state index in [2.05, 4.69) is 9.98 Å². The van der Waals surface area contributed by atoms with Crippen molar-refractivity contribution in [3.63, 3.8) is 0 Å². The third-order valence-corrected chi connectivity index (χ3v) is 1.62. The smallest absolute Gasteiger partial charge is 0.212 e. The van der Waals surface area contributed by atoms with Crippen LogP contribution in [0.1, 0.15) is 5.69 Å². The molecule has 0 aliphatic rings. The zero-order chi connectivity index (χ0) is 9.84. The summed E-state index contributed by atoms with van der Waals surface area (Å²) in [5, 5.41) is 6.93. The van der Waals surface area contributed by atoms with Crippen molar-refractivity contribution in [2.75, 3.05) is 14.1 Å². The molecule has 5 nitrogen and oxygen atoms in total. The molecule has 0 bridgehead atoms. The monoisotopic (exact) mass is 179 g/mol. The predicted octanol–water partition coefficient (Wildman–Crippen LogP) is 0.564. The van der Waals surface area contributed by atoms with Gasteiger partial charge in [-0.05, 0) is 6.92 Å². The fourth-order valence-electron chi connectivity index (χ4n) is 1.02. The van der Waals surface area contributed by atoms with Crippen molar-refractivity contribution in [3.8, 4) is 0 Å². The topological polar surface area (TPSA) is 57.3 Å². The molecule has 0 atom stereocenters. The van der Waals surface area contributed by atoms with E-state index in [-0.39, 0.29) is 0 Å². The van der Waals surface area contributed by atoms with Crippen LogP contribution in [0, 0.1) is 12.3 Å². The van der Waals surface area contributed by atoms with E-state index < -0.39 is 0 Å². The molecule has 13 heavy (non-hydrogen) atoms. The van der Waals surface area contributed by atoms with Gasteiger partial charge < -0.3 is 4.90 Å². The van der Waals surface area contributed by atoms with Gasteiger partial charge in [-0.25, -0.2) is 9.98 Å². The molecule has 1 heterocycles. The summed E-state index contributed by atoms with van der Waals surface area (Å²) in [4.78, 5) is 9.75. The molecule has 0 aliphatic heterocycles. The van der Waals surface area contributed by atoms with Crippen LogP contribution in [0.3, 0.4) is 0 Å². The quantitative estimate of drug-likeness (QED) is 0.506. The molecular formula is C8H13N5. The largest absolute Gasteiger partial charge is 0.348 e. The molecule has 1 aromatic rings. The highest BCUT2D eigenvalue weighted by molar-refractivity contribution is 5.88. The number of nitrogens with zero attached hydrogens (tertiary/aromatic N) is 4. The van der Waals surface area contributed by atoms with Gasteiger partial charge >= 0.3 is 0 Å². The Morgan fingerprint density at radius 1 is 1.69 bits per heavy atom. The van der Waals surface area contributed by atoms with Crippen molar-refractivity contribution >= 4 is 12.3 Å². The van der Waals surface area contributed by atoms with Crippen LogP contribution in [-0.4, -0.2) is 40.8 Å². The summed E-state index contributed by atoms with van der Waals surface area (Å²) in [6.45, 7) is 1.94. The van der Waals surface area contributed by atoms with Crippen molar-refractivity contribution in [2.45, 2.75) is 6.92 Å². The highest BCUT2D eigenvalue weighted by Crippen LogP contribution is 1.98. The molecule has 0 aromatic carbocycles. The van der Waals surface area contributed by atoms with E-state index in [9.17, 15) is 0 Å². The minimum Gasteiger partial charge on any atom is -0.348 e. The first-order chi connectivity index (χ1) is 6.16. The number of aryl methyl sites for hydroxylation is 1. The van der Waals surface area contributed by atoms with Gasteiger partial charge in [-0.3, -0.25) is 9.98 Å². The van der Waals surface area contributed by atoms with Crippen molar-refractivity contribution in [2.24, 2.45) is 4.99 Å². The minimum absolute atomic E-state index is 0.685. The Kier molecular flexibility index (Phi) is 2.79. The first-order valence-electron chi connectivity index (χ1n) is 3.90. The average molecular weight is 179 g/mol. The lowest BCUT2D eigenvalue weighted by Crippen LogP contribution is -2.29. The maximum atomic E-state index is 6.93. The number of nitrogens with one attached hydrogen (secondary N) is 1. The second-order valence-electron chi connectivity index (χ2n) is 2.86. The Morgan fingerprint density at radius 2 is 2.38 bits per heavy atom. The number of hydrogen-bond donors (Lipinski definition) is 1. The Balaban J connectivity index is 3.09. The van der Waals surface area contributed by atoms with Gasteiger partial charge in [-0.15, -0.1) is 0 Å². The SMILES string of the molecule is Cc1cncn1C(=NC=N)N(C)C. The molecular weight excluding hydrogens is 166 g/mol. The van der Waals surface area contributed by atoms with Gasteiger partial charge in [0.15, 0.2) is 0 Å². The molecule has 0 aliphatic carbocycles. The molecule has 1 rings (SSSR count). The van der Waals surface area contributed by atoms with Gasteiger partial charge in [0.1, 0.15) is 12.7 Å². The van der Waals surface area contributed by atoms with Crippen LogP contribution in [-0.2, 0) is 0 Å². The average Bonchev–Trinajstić information content (AvgIpc) is 2.47. The molecule has 0 saturated heterocycles. The third kappa shape index (κ3) is 1.93. The van der Waals surface area contributed by atoms with Crippen molar-refractivity contribution in [1.29, 1.82) is 5.41 Å². The fourth-order valence-corrected chi connectivity index (χ4v) is 1.02. The Labute approximate surface area is 77.2 Å². The molecule has 1 N–H and O–H groups in total. The summed E-state index contributed by atoms with van der Waals surface area (Å²) in [5.41, 5.74) is 0.995. The van der Waals surface area contributed by atoms with Gasteiger partial charge in [0.05, 0.1) is 0 Å². The summed E-state index contributed by atoms with van der Waals surface area (Å²) in [6, 6.07) is 0. The summed E-state index contributed by atoms with van der Waals surface area (Å²) in [6.07, 6.45) is 4.45. The maximum absolute atomic E-state index is 6.93. The summed E-state index contributed by atoms with van der Waals surface area (Å²) >= 11 is 0. The van der Waals surface area contributed by atoms with E-state index in [1.165, 1.54) is 0 Å². The lowest BCUT2D eigenvalue weighted by Gasteiger charge is -2.16. The number of aliphatic imine (C=N–C) groups is 1. The van der Waals surface area contributed by atoms with Crippen molar-refractivity contribution in [1.82, 2.24) is 14.5 Å². The molecule has 0 amide bonds. The number of aromatic nitrogens is 2. The highest BCUT2D eigenvalue weighted by Gasteiger charge is 2.05. The van der Waals surface area contributed by atoms with Crippen LogP contribution in [0.4, 0.5) is 0 Å². The van der Waals surface area contributed by atoms with Crippen LogP contribution < -0.4 is 0 Å². The zero-order valence-corrected chi connectivity index (χ0v) is 8.02. The Morgan fingerprint density at radius 3 is 2.77 bits per heavy atom. The van der Waals surface area contributed by atoms with Gasteiger partial charge in [0, 0.05) is 26.0 Å². The number of rotatable bonds is 1. The van der Waals surface area contributed by atoms with Gasteiger partial charge in [-0.2, -0.15) is 0 Å². The number of hydrogen-bond acceptors (Lipinski definition) is 2. The van der Waals surface area contributed by atoms with E-state index in [0.29, 0.717) is 5.96 Å². The zero-order valence-electron chi connectivity index (χ0n) is 8.02. The van der Waals surface area contributed by atoms with Crippen LogP contribution in [0.5, 0.6) is 0 Å². The molecule has 1 aromatic heterocycles. The summed E-state index contributed by atoms with van der Waals surface area (Å²) < 4.78 is 1.82. The van der Waals surface area contributed by atoms with E-state index in [1.54, 1.807) is 12.5 Å². The second-order valence-corrected chi connectivity index (χ2v) is 2.86. The van der Waals surface area contributed by atoms with Crippen LogP contribution >= 0.6 is 0 Å². The van der Waals surface area contributed by atoms with Crippen LogP contribution in [0.25, 0.3) is 0 Å². The predicted molar refractivity (Wildman–Crippen MR) is 52.3 cm³/mol.